The standard InChI is InChI=1S/C10H15N3O.ClH/c1-8-4-6-12-10(13-8)14-9-3-2-5-11-7-9;/h4,6,9,11H,2-3,5,7H2,1H3;1H. The minimum atomic E-state index is 0. The minimum absolute atomic E-state index is 0. The van der Waals surface area contributed by atoms with Crippen molar-refractivity contribution in [3.05, 3.63) is 18.0 Å². The maximum atomic E-state index is 5.65. The van der Waals surface area contributed by atoms with Gasteiger partial charge in [0.15, 0.2) is 0 Å². The highest BCUT2D eigenvalue weighted by Gasteiger charge is 2.15. The second-order valence-corrected chi connectivity index (χ2v) is 3.57. The van der Waals surface area contributed by atoms with E-state index in [2.05, 4.69) is 15.3 Å². The molecule has 5 heteroatoms. The molecule has 1 aromatic rings. The Balaban J connectivity index is 0.00000112. The molecule has 2 rings (SSSR count). The van der Waals surface area contributed by atoms with Crippen LogP contribution in [-0.2, 0) is 0 Å². The van der Waals surface area contributed by atoms with E-state index in [1.165, 1.54) is 0 Å². The van der Waals surface area contributed by atoms with Gasteiger partial charge in [0.2, 0.25) is 0 Å². The summed E-state index contributed by atoms with van der Waals surface area (Å²) in [4.78, 5) is 8.28. The Morgan fingerprint density at radius 3 is 3.07 bits per heavy atom. The first-order valence-corrected chi connectivity index (χ1v) is 5.01. The lowest BCUT2D eigenvalue weighted by molar-refractivity contribution is 0.153. The van der Waals surface area contributed by atoms with Crippen molar-refractivity contribution in [1.29, 1.82) is 0 Å². The molecule has 1 aliphatic heterocycles. The third kappa shape index (κ3) is 3.64. The van der Waals surface area contributed by atoms with Crippen molar-refractivity contribution in [1.82, 2.24) is 15.3 Å². The lowest BCUT2D eigenvalue weighted by atomic mass is 10.1. The summed E-state index contributed by atoms with van der Waals surface area (Å²) >= 11 is 0. The Labute approximate surface area is 95.9 Å². The predicted molar refractivity (Wildman–Crippen MR) is 60.5 cm³/mol. The van der Waals surface area contributed by atoms with Crippen molar-refractivity contribution in [2.75, 3.05) is 13.1 Å². The Morgan fingerprint density at radius 1 is 1.53 bits per heavy atom. The van der Waals surface area contributed by atoms with E-state index in [-0.39, 0.29) is 18.5 Å². The molecule has 1 aromatic heterocycles. The van der Waals surface area contributed by atoms with E-state index in [0.29, 0.717) is 6.01 Å². The summed E-state index contributed by atoms with van der Waals surface area (Å²) in [5, 5.41) is 3.29. The summed E-state index contributed by atoms with van der Waals surface area (Å²) < 4.78 is 5.65. The molecule has 15 heavy (non-hydrogen) atoms. The molecule has 0 bridgehead atoms. The van der Waals surface area contributed by atoms with Gasteiger partial charge in [-0.2, -0.15) is 0 Å². The first-order valence-electron chi connectivity index (χ1n) is 5.01. The van der Waals surface area contributed by atoms with Crippen LogP contribution >= 0.6 is 12.4 Å². The van der Waals surface area contributed by atoms with Gasteiger partial charge in [0, 0.05) is 18.4 Å². The van der Waals surface area contributed by atoms with Gasteiger partial charge in [0.25, 0.3) is 0 Å². The highest BCUT2D eigenvalue weighted by Crippen LogP contribution is 2.10. The molecule has 1 fully saturated rings. The second kappa shape index (κ2) is 5.88. The molecule has 1 unspecified atom stereocenters. The van der Waals surface area contributed by atoms with Gasteiger partial charge in [-0.3, -0.25) is 0 Å². The highest BCUT2D eigenvalue weighted by molar-refractivity contribution is 5.85. The molecule has 0 radical (unpaired) electrons. The third-order valence-electron chi connectivity index (χ3n) is 2.30. The van der Waals surface area contributed by atoms with E-state index in [4.69, 9.17) is 4.74 Å². The molecule has 0 aliphatic carbocycles. The minimum Gasteiger partial charge on any atom is -0.459 e. The maximum absolute atomic E-state index is 5.65. The molecular formula is C10H16ClN3O. The molecule has 1 saturated heterocycles. The van der Waals surface area contributed by atoms with Crippen LogP contribution in [0.15, 0.2) is 12.3 Å². The SMILES string of the molecule is Cc1ccnc(OC2CCCNC2)n1.Cl. The zero-order chi connectivity index (χ0) is 9.80. The van der Waals surface area contributed by atoms with Gasteiger partial charge < -0.3 is 10.1 Å². The van der Waals surface area contributed by atoms with Gasteiger partial charge >= 0.3 is 6.01 Å². The van der Waals surface area contributed by atoms with Gasteiger partial charge in [-0.15, -0.1) is 12.4 Å². The van der Waals surface area contributed by atoms with E-state index >= 15 is 0 Å². The van der Waals surface area contributed by atoms with E-state index in [9.17, 15) is 0 Å². The van der Waals surface area contributed by atoms with Crippen LogP contribution < -0.4 is 10.1 Å². The predicted octanol–water partition coefficient (Wildman–Crippen LogP) is 1.34. The highest BCUT2D eigenvalue weighted by atomic mass is 35.5. The number of piperidine rings is 1. The summed E-state index contributed by atoms with van der Waals surface area (Å²) in [6.07, 6.45) is 4.21. The van der Waals surface area contributed by atoms with Gasteiger partial charge in [-0.05, 0) is 32.4 Å². The van der Waals surface area contributed by atoms with Crippen molar-refractivity contribution >= 4 is 12.4 Å². The summed E-state index contributed by atoms with van der Waals surface area (Å²) in [5.41, 5.74) is 0.943. The molecule has 2 heterocycles. The smallest absolute Gasteiger partial charge is 0.316 e. The van der Waals surface area contributed by atoms with Crippen LogP contribution in [-0.4, -0.2) is 29.2 Å². The average Bonchev–Trinajstić information content (AvgIpc) is 2.19. The van der Waals surface area contributed by atoms with Crippen molar-refractivity contribution in [3.63, 3.8) is 0 Å². The first-order chi connectivity index (χ1) is 6.84. The monoisotopic (exact) mass is 229 g/mol. The third-order valence-corrected chi connectivity index (χ3v) is 2.30. The van der Waals surface area contributed by atoms with Crippen LogP contribution in [0.3, 0.4) is 0 Å². The molecular weight excluding hydrogens is 214 g/mol. The van der Waals surface area contributed by atoms with E-state index in [0.717, 1.165) is 31.6 Å². The van der Waals surface area contributed by atoms with E-state index in [1.807, 2.05) is 13.0 Å². The van der Waals surface area contributed by atoms with Crippen molar-refractivity contribution in [2.45, 2.75) is 25.9 Å². The Morgan fingerprint density at radius 2 is 2.40 bits per heavy atom. The van der Waals surface area contributed by atoms with Crippen molar-refractivity contribution < 1.29 is 4.74 Å². The number of nitrogens with zero attached hydrogens (tertiary/aromatic N) is 2. The molecule has 4 nitrogen and oxygen atoms in total. The number of halogens is 1. The normalized spacial score (nSPS) is 20.5. The summed E-state index contributed by atoms with van der Waals surface area (Å²) in [6, 6.07) is 2.37. The van der Waals surface area contributed by atoms with Crippen LogP contribution in [0.1, 0.15) is 18.5 Å². The molecule has 0 aromatic carbocycles. The van der Waals surface area contributed by atoms with Gasteiger partial charge in [0.1, 0.15) is 6.10 Å². The Kier molecular flexibility index (Phi) is 4.78. The Bertz CT molecular complexity index is 302. The van der Waals surface area contributed by atoms with Crippen LogP contribution in [0.25, 0.3) is 0 Å². The number of nitrogens with one attached hydrogen (secondary N) is 1. The number of rotatable bonds is 2. The number of aryl methyl sites for hydroxylation is 1. The summed E-state index contributed by atoms with van der Waals surface area (Å²) in [5.74, 6) is 0. The molecule has 84 valence electrons. The van der Waals surface area contributed by atoms with E-state index < -0.39 is 0 Å². The van der Waals surface area contributed by atoms with Crippen LogP contribution in [0.2, 0.25) is 0 Å². The maximum Gasteiger partial charge on any atom is 0.316 e. The van der Waals surface area contributed by atoms with Crippen molar-refractivity contribution in [3.8, 4) is 6.01 Å². The molecule has 0 spiro atoms. The summed E-state index contributed by atoms with van der Waals surface area (Å²) in [6.45, 7) is 3.93. The zero-order valence-electron chi connectivity index (χ0n) is 8.77. The largest absolute Gasteiger partial charge is 0.459 e. The Hall–Kier alpha value is -0.870. The molecule has 0 saturated carbocycles. The fourth-order valence-corrected chi connectivity index (χ4v) is 1.55. The van der Waals surface area contributed by atoms with Gasteiger partial charge in [-0.1, -0.05) is 0 Å². The number of aromatic nitrogens is 2. The molecule has 1 N–H and O–H groups in total. The lowest BCUT2D eigenvalue weighted by Gasteiger charge is -2.22. The zero-order valence-corrected chi connectivity index (χ0v) is 9.59. The number of hydrogen-bond acceptors (Lipinski definition) is 4. The quantitative estimate of drug-likeness (QED) is 0.832. The second-order valence-electron chi connectivity index (χ2n) is 3.57. The number of hydrogen-bond donors (Lipinski definition) is 1. The number of ether oxygens (including phenoxy) is 1. The fourth-order valence-electron chi connectivity index (χ4n) is 1.55. The van der Waals surface area contributed by atoms with Crippen molar-refractivity contribution in [2.24, 2.45) is 0 Å². The van der Waals surface area contributed by atoms with Crippen LogP contribution in [0.4, 0.5) is 0 Å². The fraction of sp³-hybridized carbons (Fsp3) is 0.600. The lowest BCUT2D eigenvalue weighted by Crippen LogP contribution is -2.37. The van der Waals surface area contributed by atoms with Gasteiger partial charge in [0.05, 0.1) is 0 Å². The van der Waals surface area contributed by atoms with Crippen LogP contribution in [0.5, 0.6) is 6.01 Å². The topological polar surface area (TPSA) is 47.0 Å². The molecule has 1 atom stereocenters. The van der Waals surface area contributed by atoms with Gasteiger partial charge in [-0.25, -0.2) is 9.97 Å². The van der Waals surface area contributed by atoms with E-state index in [1.54, 1.807) is 6.20 Å². The first kappa shape index (κ1) is 12.2. The van der Waals surface area contributed by atoms with Crippen LogP contribution in [0, 0.1) is 6.92 Å². The molecule has 0 amide bonds. The molecule has 1 aliphatic rings. The summed E-state index contributed by atoms with van der Waals surface area (Å²) in [7, 11) is 0. The average molecular weight is 230 g/mol.